The fourth-order valence-electron chi connectivity index (χ4n) is 0.870. The molecule has 5 heteroatoms. The summed E-state index contributed by atoms with van der Waals surface area (Å²) < 4.78 is 24.1. The summed E-state index contributed by atoms with van der Waals surface area (Å²) in [5.74, 6) is 0. The lowest BCUT2D eigenvalue weighted by atomic mass is 10.1. The molecule has 0 saturated carbocycles. The average molecular weight is 215 g/mol. The minimum atomic E-state index is -2.86. The molecule has 1 unspecified atom stereocenters. The van der Waals surface area contributed by atoms with Gasteiger partial charge in [-0.3, -0.25) is 0 Å². The van der Waals surface area contributed by atoms with Gasteiger partial charge in [-0.2, -0.15) is 0 Å². The van der Waals surface area contributed by atoms with Gasteiger partial charge >= 0.3 is 0 Å². The maximum atomic E-state index is 9.98. The van der Waals surface area contributed by atoms with E-state index in [-0.39, 0.29) is 0 Å². The van der Waals surface area contributed by atoms with Crippen molar-refractivity contribution in [2.24, 2.45) is 0 Å². The molecule has 0 heterocycles. The van der Waals surface area contributed by atoms with Gasteiger partial charge in [-0.15, -0.1) is 0 Å². The predicted octanol–water partition coefficient (Wildman–Crippen LogP) is 1.16. The number of aldehydes is 1. The minimum Gasteiger partial charge on any atom is -0.750 e. The van der Waals surface area contributed by atoms with Crippen LogP contribution in [0.5, 0.6) is 0 Å². The molecule has 0 aliphatic carbocycles. The number of carbonyl (C=O) groups is 1. The lowest BCUT2D eigenvalue weighted by molar-refractivity contribution is -0.107. The van der Waals surface area contributed by atoms with Crippen LogP contribution in [-0.4, -0.2) is 19.6 Å². The zero-order valence-electron chi connectivity index (χ0n) is 7.46. The Bertz CT molecular complexity index is 269. The van der Waals surface area contributed by atoms with Crippen LogP contribution in [0.2, 0.25) is 0 Å². The highest BCUT2D eigenvalue weighted by Crippen LogP contribution is 2.00. The molecule has 0 radical (unpaired) electrons. The van der Waals surface area contributed by atoms with Crippen LogP contribution in [0.15, 0.2) is 30.3 Å². The molecule has 14 heavy (non-hydrogen) atoms. The second-order valence-corrected chi connectivity index (χ2v) is 2.84. The van der Waals surface area contributed by atoms with Crippen LogP contribution in [0.4, 0.5) is 0 Å². The lowest BCUT2D eigenvalue weighted by Gasteiger charge is -1.93. The summed E-state index contributed by atoms with van der Waals surface area (Å²) >= 11 is -2.86. The molecule has 0 saturated heterocycles. The Morgan fingerprint density at radius 3 is 2.29 bits per heavy atom. The van der Waals surface area contributed by atoms with Gasteiger partial charge in [0.2, 0.25) is 0 Å². The molecule has 1 aromatic rings. The summed E-state index contributed by atoms with van der Waals surface area (Å²) in [6.07, 6.45) is 2.45. The number of benzene rings is 1. The van der Waals surface area contributed by atoms with E-state index < -0.39 is 11.4 Å². The maximum Gasteiger partial charge on any atom is 0.120 e. The van der Waals surface area contributed by atoms with Gasteiger partial charge in [0.25, 0.3) is 0 Å². The first-order valence-electron chi connectivity index (χ1n) is 3.92. The Balaban J connectivity index is 0.000000364. The number of carbonyl (C=O) groups excluding carboxylic acids is 1. The summed E-state index contributed by atoms with van der Waals surface area (Å²) in [4.78, 5) is 9.98. The smallest absolute Gasteiger partial charge is 0.120 e. The molecule has 0 amide bonds. The molecule has 4 nitrogen and oxygen atoms in total. The van der Waals surface area contributed by atoms with Crippen LogP contribution in [0.25, 0.3) is 0 Å². The van der Waals surface area contributed by atoms with Crippen molar-refractivity contribution in [1.29, 1.82) is 0 Å². The second kappa shape index (κ2) is 8.55. The molecule has 0 aliphatic heterocycles. The largest absolute Gasteiger partial charge is 0.750 e. The van der Waals surface area contributed by atoms with Crippen molar-refractivity contribution < 1.29 is 18.1 Å². The Labute approximate surface area is 85.1 Å². The second-order valence-electron chi connectivity index (χ2n) is 2.41. The monoisotopic (exact) mass is 215 g/mol. The molecular formula is C9H11O4S-. The van der Waals surface area contributed by atoms with Crippen LogP contribution >= 0.6 is 0 Å². The van der Waals surface area contributed by atoms with Gasteiger partial charge in [0.05, 0.1) is 11.4 Å². The highest BCUT2D eigenvalue weighted by molar-refractivity contribution is 7.73. The molecule has 1 rings (SSSR count). The van der Waals surface area contributed by atoms with Crippen molar-refractivity contribution in [3.63, 3.8) is 0 Å². The molecule has 0 aromatic heterocycles. The van der Waals surface area contributed by atoms with Gasteiger partial charge in [-0.25, -0.2) is 4.21 Å². The SMILES string of the molecule is O=CCCc1ccccc1.O=S([O-])O. The van der Waals surface area contributed by atoms with Gasteiger partial charge < -0.3 is 13.9 Å². The van der Waals surface area contributed by atoms with Gasteiger partial charge in [0.15, 0.2) is 0 Å². The predicted molar refractivity (Wildman–Crippen MR) is 52.4 cm³/mol. The van der Waals surface area contributed by atoms with E-state index in [1.54, 1.807) is 0 Å². The van der Waals surface area contributed by atoms with E-state index >= 15 is 0 Å². The fraction of sp³-hybridized carbons (Fsp3) is 0.222. The highest BCUT2D eigenvalue weighted by Gasteiger charge is 1.87. The Morgan fingerprint density at radius 2 is 1.86 bits per heavy atom. The van der Waals surface area contributed by atoms with Crippen LogP contribution in [-0.2, 0) is 22.6 Å². The maximum absolute atomic E-state index is 9.98. The van der Waals surface area contributed by atoms with Crippen LogP contribution in [0.3, 0.4) is 0 Å². The minimum absolute atomic E-state index is 0.629. The van der Waals surface area contributed by atoms with E-state index in [0.29, 0.717) is 6.42 Å². The first kappa shape index (κ1) is 13.0. The van der Waals surface area contributed by atoms with Crippen molar-refractivity contribution in [3.05, 3.63) is 35.9 Å². The summed E-state index contributed by atoms with van der Waals surface area (Å²) in [6.45, 7) is 0. The van der Waals surface area contributed by atoms with Crippen molar-refractivity contribution >= 4 is 17.6 Å². The van der Waals surface area contributed by atoms with E-state index in [1.807, 2.05) is 30.3 Å². The summed E-state index contributed by atoms with van der Waals surface area (Å²) in [7, 11) is 0. The number of aryl methyl sites for hydroxylation is 1. The topological polar surface area (TPSA) is 77.4 Å². The quantitative estimate of drug-likeness (QED) is 0.606. The molecule has 78 valence electrons. The molecule has 0 spiro atoms. The normalized spacial score (nSPS) is 11.0. The van der Waals surface area contributed by atoms with E-state index in [4.69, 9.17) is 13.3 Å². The first-order chi connectivity index (χ1) is 6.66. The third kappa shape index (κ3) is 9.05. The zero-order chi connectivity index (χ0) is 10.8. The van der Waals surface area contributed by atoms with Crippen LogP contribution < -0.4 is 0 Å². The standard InChI is InChI=1S/C9H10O.H2O3S/c10-8-4-7-9-5-2-1-3-6-9;1-4(2)3/h1-3,5-6,8H,4,7H2;(H2,1,2,3)/p-1. The summed E-state index contributed by atoms with van der Waals surface area (Å²) in [5, 5.41) is 0. The molecular weight excluding hydrogens is 204 g/mol. The van der Waals surface area contributed by atoms with E-state index in [0.717, 1.165) is 12.7 Å². The number of hydrogen-bond donors (Lipinski definition) is 1. The van der Waals surface area contributed by atoms with Gasteiger partial charge in [0.1, 0.15) is 6.29 Å². The van der Waals surface area contributed by atoms with Crippen molar-refractivity contribution in [2.75, 3.05) is 0 Å². The Morgan fingerprint density at radius 1 is 1.36 bits per heavy atom. The summed E-state index contributed by atoms with van der Waals surface area (Å²) in [6, 6.07) is 10.0. The summed E-state index contributed by atoms with van der Waals surface area (Å²) in [5.41, 5.74) is 1.23. The van der Waals surface area contributed by atoms with E-state index in [1.165, 1.54) is 5.56 Å². The number of hydrogen-bond acceptors (Lipinski definition) is 3. The molecule has 1 N–H and O–H groups in total. The van der Waals surface area contributed by atoms with Gasteiger partial charge in [-0.05, 0) is 12.0 Å². The third-order valence-corrected chi connectivity index (χ3v) is 1.39. The molecule has 0 fully saturated rings. The van der Waals surface area contributed by atoms with Crippen LogP contribution in [0.1, 0.15) is 12.0 Å². The van der Waals surface area contributed by atoms with Crippen LogP contribution in [0, 0.1) is 0 Å². The molecule has 1 aromatic carbocycles. The highest BCUT2D eigenvalue weighted by atomic mass is 32.2. The van der Waals surface area contributed by atoms with Gasteiger partial charge in [0, 0.05) is 6.42 Å². The van der Waals surface area contributed by atoms with E-state index in [2.05, 4.69) is 0 Å². The Hall–Kier alpha value is -1.04. The number of rotatable bonds is 3. The third-order valence-electron chi connectivity index (χ3n) is 1.39. The van der Waals surface area contributed by atoms with Gasteiger partial charge in [-0.1, -0.05) is 30.3 Å². The van der Waals surface area contributed by atoms with Crippen molar-refractivity contribution in [3.8, 4) is 0 Å². The molecule has 0 bridgehead atoms. The van der Waals surface area contributed by atoms with E-state index in [9.17, 15) is 4.79 Å². The molecule has 1 atom stereocenters. The fourth-order valence-corrected chi connectivity index (χ4v) is 0.870. The Kier molecular flexibility index (Phi) is 7.92. The first-order valence-corrected chi connectivity index (χ1v) is 4.96. The lowest BCUT2D eigenvalue weighted by Crippen LogP contribution is -1.83. The van der Waals surface area contributed by atoms with Crippen molar-refractivity contribution in [2.45, 2.75) is 12.8 Å². The van der Waals surface area contributed by atoms with Crippen molar-refractivity contribution in [1.82, 2.24) is 0 Å². The zero-order valence-corrected chi connectivity index (χ0v) is 8.28. The average Bonchev–Trinajstić information content (AvgIpc) is 2.15. The molecule has 0 aliphatic rings.